The van der Waals surface area contributed by atoms with E-state index in [2.05, 4.69) is 26.4 Å². The van der Waals surface area contributed by atoms with Crippen molar-refractivity contribution < 1.29 is 14.0 Å². The molecule has 0 radical (unpaired) electrons. The Balaban J connectivity index is 1.55. The maximum absolute atomic E-state index is 13.7. The SMILES string of the molecule is Cc1cnc(NCCc2ccccc2F)c(=O)n1CC(=O)NCC1CNC(=N)NO1. The Morgan fingerprint density at radius 1 is 1.43 bits per heavy atom. The second kappa shape index (κ2) is 9.83. The molecule has 5 N–H and O–H groups in total. The molecule has 1 aromatic heterocycles. The number of benzene rings is 1. The third kappa shape index (κ3) is 5.54. The van der Waals surface area contributed by atoms with E-state index in [1.54, 1.807) is 25.1 Å². The highest BCUT2D eigenvalue weighted by Crippen LogP contribution is 2.07. The van der Waals surface area contributed by atoms with E-state index in [1.807, 2.05) is 0 Å². The van der Waals surface area contributed by atoms with Crippen molar-refractivity contribution >= 4 is 17.7 Å². The molecule has 1 aliphatic rings. The summed E-state index contributed by atoms with van der Waals surface area (Å²) in [4.78, 5) is 34.3. The average Bonchev–Trinajstić information content (AvgIpc) is 2.73. The molecule has 10 nitrogen and oxygen atoms in total. The van der Waals surface area contributed by atoms with Crippen LogP contribution in [0.5, 0.6) is 0 Å². The van der Waals surface area contributed by atoms with Gasteiger partial charge in [-0.3, -0.25) is 24.4 Å². The first-order valence-corrected chi connectivity index (χ1v) is 9.48. The number of anilines is 1. The second-order valence-corrected chi connectivity index (χ2v) is 6.81. The zero-order chi connectivity index (χ0) is 21.5. The fourth-order valence-electron chi connectivity index (χ4n) is 2.88. The molecule has 0 saturated carbocycles. The molecule has 1 aromatic carbocycles. The fourth-order valence-corrected chi connectivity index (χ4v) is 2.88. The van der Waals surface area contributed by atoms with Crippen LogP contribution in [0.1, 0.15) is 11.3 Å². The first-order valence-electron chi connectivity index (χ1n) is 9.48. The minimum atomic E-state index is -0.426. The Kier molecular flexibility index (Phi) is 6.96. The highest BCUT2D eigenvalue weighted by molar-refractivity contribution is 5.76. The Morgan fingerprint density at radius 3 is 2.97 bits per heavy atom. The third-order valence-corrected chi connectivity index (χ3v) is 4.56. The highest BCUT2D eigenvalue weighted by atomic mass is 19.1. The summed E-state index contributed by atoms with van der Waals surface area (Å²) >= 11 is 0. The molecule has 3 rings (SSSR count). The maximum Gasteiger partial charge on any atom is 0.293 e. The number of hydrogen-bond donors (Lipinski definition) is 5. The van der Waals surface area contributed by atoms with Crippen molar-refractivity contribution in [3.05, 3.63) is 57.9 Å². The van der Waals surface area contributed by atoms with Gasteiger partial charge in [0, 0.05) is 31.5 Å². The van der Waals surface area contributed by atoms with Crippen LogP contribution in [0.3, 0.4) is 0 Å². The van der Waals surface area contributed by atoms with Gasteiger partial charge < -0.3 is 16.0 Å². The summed E-state index contributed by atoms with van der Waals surface area (Å²) < 4.78 is 15.0. The van der Waals surface area contributed by atoms with Gasteiger partial charge in [0.05, 0.1) is 0 Å². The summed E-state index contributed by atoms with van der Waals surface area (Å²) in [6.45, 7) is 2.45. The molecule has 160 valence electrons. The zero-order valence-corrected chi connectivity index (χ0v) is 16.5. The Hall–Kier alpha value is -3.47. The van der Waals surface area contributed by atoms with Crippen molar-refractivity contribution in [2.45, 2.75) is 26.0 Å². The van der Waals surface area contributed by atoms with Crippen molar-refractivity contribution in [2.24, 2.45) is 0 Å². The zero-order valence-electron chi connectivity index (χ0n) is 16.5. The number of guanidine groups is 1. The number of hydrogen-bond acceptors (Lipinski definition) is 6. The molecule has 2 heterocycles. The predicted molar refractivity (Wildman–Crippen MR) is 109 cm³/mol. The standard InChI is InChI=1S/C19H24FN7O3/c1-12-8-24-17(22-7-6-13-4-2-3-5-15(13)20)18(29)27(12)11-16(28)23-9-14-10-25-19(21)26-30-14/h2-5,8,14H,6-7,9-11H2,1H3,(H,22,24)(H,23,28)(H3,21,25,26). The summed E-state index contributed by atoms with van der Waals surface area (Å²) in [5, 5.41) is 15.7. The lowest BCUT2D eigenvalue weighted by molar-refractivity contribution is -0.122. The van der Waals surface area contributed by atoms with Gasteiger partial charge >= 0.3 is 0 Å². The Morgan fingerprint density at radius 2 is 2.23 bits per heavy atom. The van der Waals surface area contributed by atoms with Gasteiger partial charge in [0.1, 0.15) is 18.5 Å². The molecular formula is C19H24FN7O3. The lowest BCUT2D eigenvalue weighted by Gasteiger charge is -2.25. The molecule has 1 saturated heterocycles. The highest BCUT2D eigenvalue weighted by Gasteiger charge is 2.18. The van der Waals surface area contributed by atoms with Gasteiger partial charge in [-0.25, -0.2) is 14.9 Å². The molecule has 0 bridgehead atoms. The van der Waals surface area contributed by atoms with Crippen molar-refractivity contribution in [1.82, 2.24) is 25.7 Å². The lowest BCUT2D eigenvalue weighted by atomic mass is 10.1. The number of amides is 1. The summed E-state index contributed by atoms with van der Waals surface area (Å²) in [6.07, 6.45) is 1.56. The second-order valence-electron chi connectivity index (χ2n) is 6.81. The summed E-state index contributed by atoms with van der Waals surface area (Å²) in [5.41, 5.74) is 3.05. The number of nitrogens with zero attached hydrogens (tertiary/aromatic N) is 2. The van der Waals surface area contributed by atoms with Crippen LogP contribution in [0.15, 0.2) is 35.3 Å². The van der Waals surface area contributed by atoms with Gasteiger partial charge in [0.15, 0.2) is 5.82 Å². The van der Waals surface area contributed by atoms with Crippen molar-refractivity contribution in [3.8, 4) is 0 Å². The topological polar surface area (TPSA) is 133 Å². The molecule has 1 amide bonds. The van der Waals surface area contributed by atoms with Crippen molar-refractivity contribution in [2.75, 3.05) is 25.0 Å². The average molecular weight is 417 g/mol. The van der Waals surface area contributed by atoms with E-state index in [9.17, 15) is 14.0 Å². The van der Waals surface area contributed by atoms with E-state index in [0.29, 0.717) is 30.8 Å². The van der Waals surface area contributed by atoms with E-state index in [-0.39, 0.29) is 42.7 Å². The van der Waals surface area contributed by atoms with Gasteiger partial charge in [-0.2, -0.15) is 0 Å². The molecule has 30 heavy (non-hydrogen) atoms. The van der Waals surface area contributed by atoms with Crippen LogP contribution < -0.4 is 27.0 Å². The number of carbonyl (C=O) groups excluding carboxylic acids is 1. The first-order chi connectivity index (χ1) is 14.4. The molecule has 1 atom stereocenters. The number of carbonyl (C=O) groups is 1. The van der Waals surface area contributed by atoms with Gasteiger partial charge in [0.25, 0.3) is 5.56 Å². The molecule has 11 heteroatoms. The van der Waals surface area contributed by atoms with E-state index in [4.69, 9.17) is 10.2 Å². The smallest absolute Gasteiger partial charge is 0.293 e. The van der Waals surface area contributed by atoms with E-state index in [1.165, 1.54) is 16.8 Å². The number of halogens is 1. The minimum Gasteiger partial charge on any atom is -0.365 e. The fraction of sp³-hybridized carbons (Fsp3) is 0.368. The van der Waals surface area contributed by atoms with Crippen LogP contribution in [0.2, 0.25) is 0 Å². The lowest BCUT2D eigenvalue weighted by Crippen LogP contribution is -2.53. The molecule has 0 aliphatic carbocycles. The van der Waals surface area contributed by atoms with E-state index in [0.717, 1.165) is 0 Å². The maximum atomic E-state index is 13.7. The summed E-state index contributed by atoms with van der Waals surface area (Å²) in [5.74, 6) is -0.485. The number of aryl methyl sites for hydroxylation is 1. The number of rotatable bonds is 8. The van der Waals surface area contributed by atoms with Gasteiger partial charge in [-0.1, -0.05) is 18.2 Å². The van der Waals surface area contributed by atoms with Gasteiger partial charge in [-0.15, -0.1) is 0 Å². The predicted octanol–water partition coefficient (Wildman–Crippen LogP) is -0.111. The third-order valence-electron chi connectivity index (χ3n) is 4.56. The molecule has 1 fully saturated rings. The number of aromatic nitrogens is 2. The van der Waals surface area contributed by atoms with Crippen LogP contribution >= 0.6 is 0 Å². The van der Waals surface area contributed by atoms with Crippen molar-refractivity contribution in [3.63, 3.8) is 0 Å². The van der Waals surface area contributed by atoms with Gasteiger partial charge in [0.2, 0.25) is 11.9 Å². The molecule has 2 aromatic rings. The minimum absolute atomic E-state index is 0.0616. The van der Waals surface area contributed by atoms with E-state index < -0.39 is 5.56 Å². The quantitative estimate of drug-likeness (QED) is 0.405. The largest absolute Gasteiger partial charge is 0.365 e. The van der Waals surface area contributed by atoms with Gasteiger partial charge in [-0.05, 0) is 25.0 Å². The monoisotopic (exact) mass is 417 g/mol. The Labute approximate surface area is 172 Å². The first kappa shape index (κ1) is 21.2. The summed E-state index contributed by atoms with van der Waals surface area (Å²) in [7, 11) is 0. The molecular weight excluding hydrogens is 393 g/mol. The van der Waals surface area contributed by atoms with Crippen LogP contribution in [0, 0.1) is 18.2 Å². The number of hydroxylamine groups is 1. The van der Waals surface area contributed by atoms with E-state index >= 15 is 0 Å². The van der Waals surface area contributed by atoms with Crippen LogP contribution in [-0.4, -0.2) is 47.2 Å². The van der Waals surface area contributed by atoms with Crippen LogP contribution in [-0.2, 0) is 22.6 Å². The van der Waals surface area contributed by atoms with Crippen LogP contribution in [0.4, 0.5) is 10.2 Å². The normalized spacial score (nSPS) is 15.8. The number of nitrogens with one attached hydrogen (secondary N) is 5. The Bertz CT molecular complexity index is 969. The molecule has 1 unspecified atom stereocenters. The van der Waals surface area contributed by atoms with Crippen molar-refractivity contribution in [1.29, 1.82) is 5.41 Å². The summed E-state index contributed by atoms with van der Waals surface area (Å²) in [6, 6.07) is 6.45. The van der Waals surface area contributed by atoms with Crippen LogP contribution in [0.25, 0.3) is 0 Å². The molecule has 1 aliphatic heterocycles. The molecule has 0 spiro atoms.